The first-order valence-corrected chi connectivity index (χ1v) is 9.42. The van der Waals surface area contributed by atoms with E-state index in [2.05, 4.69) is 26.6 Å². The minimum atomic E-state index is -0.397. The lowest BCUT2D eigenvalue weighted by Crippen LogP contribution is -2.32. The third-order valence-corrected chi connectivity index (χ3v) is 5.19. The molecular formula is C20H20BrN3O3. The Labute approximate surface area is 166 Å². The molecule has 1 aliphatic rings. The molecule has 6 nitrogen and oxygen atoms in total. The van der Waals surface area contributed by atoms with E-state index in [0.717, 1.165) is 15.7 Å². The second-order valence-electron chi connectivity index (χ2n) is 6.35. The van der Waals surface area contributed by atoms with E-state index in [0.29, 0.717) is 18.7 Å². The number of anilines is 1. The summed E-state index contributed by atoms with van der Waals surface area (Å²) < 4.78 is 0.824. The molecule has 3 amide bonds. The molecule has 2 aromatic rings. The Balaban J connectivity index is 1.62. The number of hydrogen-bond acceptors (Lipinski definition) is 3. The highest BCUT2D eigenvalue weighted by Gasteiger charge is 2.35. The van der Waals surface area contributed by atoms with Gasteiger partial charge in [-0.3, -0.25) is 14.4 Å². The van der Waals surface area contributed by atoms with Gasteiger partial charge in [-0.25, -0.2) is 0 Å². The second kappa shape index (κ2) is 8.35. The SMILES string of the molecule is CNC(=O)c1cccc(CNC(=O)C2CC(=O)N(c3ccccc3Br)C2)c1. The molecule has 1 saturated heterocycles. The lowest BCUT2D eigenvalue weighted by atomic mass is 10.1. The number of nitrogens with zero attached hydrogens (tertiary/aromatic N) is 1. The number of halogens is 1. The number of nitrogens with one attached hydrogen (secondary N) is 2. The normalized spacial score (nSPS) is 16.3. The van der Waals surface area contributed by atoms with E-state index in [-0.39, 0.29) is 24.1 Å². The number of rotatable bonds is 5. The maximum Gasteiger partial charge on any atom is 0.251 e. The summed E-state index contributed by atoms with van der Waals surface area (Å²) in [4.78, 5) is 38.2. The summed E-state index contributed by atoms with van der Waals surface area (Å²) in [5.41, 5.74) is 2.15. The minimum Gasteiger partial charge on any atom is -0.355 e. The number of benzene rings is 2. The highest BCUT2D eigenvalue weighted by atomic mass is 79.9. The Hall–Kier alpha value is -2.67. The van der Waals surface area contributed by atoms with Crippen LogP contribution in [0.4, 0.5) is 5.69 Å². The first-order valence-electron chi connectivity index (χ1n) is 8.63. The van der Waals surface area contributed by atoms with Crippen molar-refractivity contribution in [1.29, 1.82) is 0 Å². The van der Waals surface area contributed by atoms with Crippen molar-refractivity contribution in [2.45, 2.75) is 13.0 Å². The molecule has 7 heteroatoms. The maximum absolute atomic E-state index is 12.5. The Morgan fingerprint density at radius 3 is 2.70 bits per heavy atom. The van der Waals surface area contributed by atoms with E-state index in [1.807, 2.05) is 30.3 Å². The highest BCUT2D eigenvalue weighted by Crippen LogP contribution is 2.31. The molecule has 0 aromatic heterocycles. The fraction of sp³-hybridized carbons (Fsp3) is 0.250. The van der Waals surface area contributed by atoms with E-state index in [1.54, 1.807) is 30.1 Å². The third kappa shape index (κ3) is 4.36. The lowest BCUT2D eigenvalue weighted by Gasteiger charge is -2.18. The van der Waals surface area contributed by atoms with Crippen molar-refractivity contribution in [3.05, 3.63) is 64.1 Å². The Kier molecular flexibility index (Phi) is 5.91. The van der Waals surface area contributed by atoms with E-state index >= 15 is 0 Å². The maximum atomic E-state index is 12.5. The molecule has 0 radical (unpaired) electrons. The summed E-state index contributed by atoms with van der Waals surface area (Å²) in [7, 11) is 1.57. The molecule has 0 saturated carbocycles. The Morgan fingerprint density at radius 2 is 1.96 bits per heavy atom. The van der Waals surface area contributed by atoms with Gasteiger partial charge in [-0.15, -0.1) is 0 Å². The summed E-state index contributed by atoms with van der Waals surface area (Å²) in [5.74, 6) is -0.799. The van der Waals surface area contributed by atoms with Crippen molar-refractivity contribution in [1.82, 2.24) is 10.6 Å². The summed E-state index contributed by atoms with van der Waals surface area (Å²) in [6, 6.07) is 14.6. The van der Waals surface area contributed by atoms with Gasteiger partial charge >= 0.3 is 0 Å². The quantitative estimate of drug-likeness (QED) is 0.765. The van der Waals surface area contributed by atoms with Gasteiger partial charge in [0, 0.05) is 36.6 Å². The zero-order valence-electron chi connectivity index (χ0n) is 14.9. The van der Waals surface area contributed by atoms with E-state index in [1.165, 1.54) is 0 Å². The number of carbonyl (C=O) groups excluding carboxylic acids is 3. The molecule has 1 heterocycles. The van der Waals surface area contributed by atoms with Crippen LogP contribution in [0, 0.1) is 5.92 Å². The molecule has 2 N–H and O–H groups in total. The van der Waals surface area contributed by atoms with Crippen molar-refractivity contribution >= 4 is 39.3 Å². The summed E-state index contributed by atoms with van der Waals surface area (Å²) in [5, 5.41) is 5.45. The van der Waals surface area contributed by atoms with Gasteiger partial charge in [0.25, 0.3) is 5.91 Å². The average Bonchev–Trinajstić information content (AvgIpc) is 3.07. The van der Waals surface area contributed by atoms with E-state index < -0.39 is 5.92 Å². The van der Waals surface area contributed by atoms with Crippen LogP contribution in [0.2, 0.25) is 0 Å². The van der Waals surface area contributed by atoms with Crippen LogP contribution >= 0.6 is 15.9 Å². The van der Waals surface area contributed by atoms with Gasteiger partial charge in [0.15, 0.2) is 0 Å². The third-order valence-electron chi connectivity index (χ3n) is 4.52. The summed E-state index contributed by atoms with van der Waals surface area (Å²) >= 11 is 3.45. The highest BCUT2D eigenvalue weighted by molar-refractivity contribution is 9.10. The molecule has 0 spiro atoms. The summed E-state index contributed by atoms with van der Waals surface area (Å²) in [6.07, 6.45) is 0.186. The molecule has 1 fully saturated rings. The number of amides is 3. The molecule has 1 aliphatic heterocycles. The monoisotopic (exact) mass is 429 g/mol. The molecule has 1 unspecified atom stereocenters. The predicted octanol–water partition coefficient (Wildman–Crippen LogP) is 2.48. The van der Waals surface area contributed by atoms with Crippen molar-refractivity contribution < 1.29 is 14.4 Å². The predicted molar refractivity (Wildman–Crippen MR) is 106 cm³/mol. The molecule has 27 heavy (non-hydrogen) atoms. The molecular weight excluding hydrogens is 410 g/mol. The van der Waals surface area contributed by atoms with Crippen molar-refractivity contribution in [3.63, 3.8) is 0 Å². The van der Waals surface area contributed by atoms with Crippen LogP contribution in [-0.4, -0.2) is 31.3 Å². The van der Waals surface area contributed by atoms with Gasteiger partial charge in [-0.05, 0) is 45.8 Å². The average molecular weight is 430 g/mol. The summed E-state index contributed by atoms with van der Waals surface area (Å²) in [6.45, 7) is 0.662. The van der Waals surface area contributed by atoms with Crippen molar-refractivity contribution in [3.8, 4) is 0 Å². The minimum absolute atomic E-state index is 0.0661. The number of carbonyl (C=O) groups is 3. The van der Waals surface area contributed by atoms with Crippen LogP contribution in [-0.2, 0) is 16.1 Å². The largest absolute Gasteiger partial charge is 0.355 e. The zero-order valence-corrected chi connectivity index (χ0v) is 16.5. The van der Waals surface area contributed by atoms with Crippen LogP contribution in [0.3, 0.4) is 0 Å². The number of hydrogen-bond donors (Lipinski definition) is 2. The molecule has 0 bridgehead atoms. The lowest BCUT2D eigenvalue weighted by molar-refractivity contribution is -0.126. The zero-order chi connectivity index (χ0) is 19.4. The van der Waals surface area contributed by atoms with Crippen LogP contribution < -0.4 is 15.5 Å². The molecule has 3 rings (SSSR count). The number of para-hydroxylation sites is 1. The van der Waals surface area contributed by atoms with Gasteiger partial charge in [-0.1, -0.05) is 24.3 Å². The fourth-order valence-corrected chi connectivity index (χ4v) is 3.59. The van der Waals surface area contributed by atoms with Crippen molar-refractivity contribution in [2.24, 2.45) is 5.92 Å². The van der Waals surface area contributed by atoms with Gasteiger partial charge in [0.2, 0.25) is 11.8 Å². The van der Waals surface area contributed by atoms with Gasteiger partial charge in [0.1, 0.15) is 0 Å². The second-order valence-corrected chi connectivity index (χ2v) is 7.21. The van der Waals surface area contributed by atoms with Crippen LogP contribution in [0.15, 0.2) is 53.0 Å². The molecule has 2 aromatic carbocycles. The van der Waals surface area contributed by atoms with Crippen LogP contribution in [0.1, 0.15) is 22.3 Å². The van der Waals surface area contributed by atoms with Crippen LogP contribution in [0.5, 0.6) is 0 Å². The fourth-order valence-electron chi connectivity index (χ4n) is 3.09. The van der Waals surface area contributed by atoms with Gasteiger partial charge < -0.3 is 15.5 Å². The molecule has 140 valence electrons. The Morgan fingerprint density at radius 1 is 1.19 bits per heavy atom. The molecule has 1 atom stereocenters. The first kappa shape index (κ1) is 19.1. The van der Waals surface area contributed by atoms with Crippen LogP contribution in [0.25, 0.3) is 0 Å². The molecule has 0 aliphatic carbocycles. The smallest absolute Gasteiger partial charge is 0.251 e. The van der Waals surface area contributed by atoms with Gasteiger partial charge in [0.05, 0.1) is 11.6 Å². The Bertz CT molecular complexity index is 884. The standard InChI is InChI=1S/C20H20BrN3O3/c1-22-19(26)14-6-4-5-13(9-14)11-23-20(27)15-10-18(25)24(12-15)17-8-3-2-7-16(17)21/h2-9,15H,10-12H2,1H3,(H,22,26)(H,23,27). The topological polar surface area (TPSA) is 78.5 Å². The van der Waals surface area contributed by atoms with Gasteiger partial charge in [-0.2, -0.15) is 0 Å². The van der Waals surface area contributed by atoms with Crippen molar-refractivity contribution in [2.75, 3.05) is 18.5 Å². The van der Waals surface area contributed by atoms with E-state index in [4.69, 9.17) is 0 Å². The van der Waals surface area contributed by atoms with E-state index in [9.17, 15) is 14.4 Å². The first-order chi connectivity index (χ1) is 13.0.